The molecule has 0 saturated heterocycles. The van der Waals surface area contributed by atoms with Crippen molar-refractivity contribution < 1.29 is 4.79 Å². The van der Waals surface area contributed by atoms with E-state index < -0.39 is 0 Å². The summed E-state index contributed by atoms with van der Waals surface area (Å²) < 4.78 is 0. The summed E-state index contributed by atoms with van der Waals surface area (Å²) in [5, 5.41) is 3.86. The molecule has 5 heteroatoms. The quantitative estimate of drug-likeness (QED) is 0.892. The van der Waals surface area contributed by atoms with E-state index in [0.717, 1.165) is 28.8 Å². The second kappa shape index (κ2) is 4.45. The molecule has 1 saturated carbocycles. The maximum absolute atomic E-state index is 12.2. The van der Waals surface area contributed by atoms with Crippen LogP contribution in [0.25, 0.3) is 10.2 Å². The number of hydrogen-bond acceptors (Lipinski definition) is 4. The molecular formula is C15H19N3OS. The number of hydrogen-bond donors (Lipinski definition) is 2. The molecule has 20 heavy (non-hydrogen) atoms. The van der Waals surface area contributed by atoms with Crippen molar-refractivity contribution in [2.45, 2.75) is 45.1 Å². The van der Waals surface area contributed by atoms with Gasteiger partial charge >= 0.3 is 0 Å². The lowest BCUT2D eigenvalue weighted by Crippen LogP contribution is -2.25. The molecule has 1 aliphatic rings. The molecule has 2 aromatic rings. The summed E-state index contributed by atoms with van der Waals surface area (Å²) in [4.78, 5) is 18.3. The maximum atomic E-state index is 12.2. The Morgan fingerprint density at radius 3 is 2.70 bits per heavy atom. The maximum Gasteiger partial charge on any atom is 0.263 e. The van der Waals surface area contributed by atoms with Crippen molar-refractivity contribution in [1.82, 2.24) is 10.3 Å². The van der Waals surface area contributed by atoms with Gasteiger partial charge in [-0.2, -0.15) is 0 Å². The normalized spacial score (nSPS) is 15.6. The molecule has 0 radical (unpaired) electrons. The number of thiophene rings is 1. The SMILES string of the molecule is CC(C)(C)c1ccc2c(N)c(C(=O)NC3CC3)sc2n1. The number of fused-ring (bicyclic) bond motifs is 1. The van der Waals surface area contributed by atoms with Gasteiger partial charge in [0.05, 0.1) is 5.69 Å². The number of nitrogens with two attached hydrogens (primary N) is 1. The lowest BCUT2D eigenvalue weighted by Gasteiger charge is -2.17. The molecule has 1 amide bonds. The van der Waals surface area contributed by atoms with Crippen LogP contribution in [0, 0.1) is 0 Å². The van der Waals surface area contributed by atoms with E-state index in [1.165, 1.54) is 11.3 Å². The number of carbonyl (C=O) groups is 1. The summed E-state index contributed by atoms with van der Waals surface area (Å²) in [6, 6.07) is 4.31. The average Bonchev–Trinajstić information content (AvgIpc) is 3.11. The molecule has 3 N–H and O–H groups in total. The molecule has 0 unspecified atom stereocenters. The average molecular weight is 289 g/mol. The number of nitrogens with one attached hydrogen (secondary N) is 1. The Kier molecular flexibility index (Phi) is 2.97. The first-order valence-electron chi connectivity index (χ1n) is 6.86. The first-order valence-corrected chi connectivity index (χ1v) is 7.68. The number of nitrogen functional groups attached to an aromatic ring is 1. The molecule has 0 bridgehead atoms. The highest BCUT2D eigenvalue weighted by Gasteiger charge is 2.26. The Hall–Kier alpha value is -1.62. The fraction of sp³-hybridized carbons (Fsp3) is 0.467. The summed E-state index contributed by atoms with van der Waals surface area (Å²) in [5.41, 5.74) is 7.66. The standard InChI is InChI=1S/C15H19N3OS/c1-15(2,3)10-7-6-9-11(16)12(20-14(9)18-10)13(19)17-8-4-5-8/h6-8H,4-5,16H2,1-3H3,(H,17,19). The van der Waals surface area contributed by atoms with Crippen molar-refractivity contribution in [2.24, 2.45) is 0 Å². The number of anilines is 1. The topological polar surface area (TPSA) is 68.0 Å². The summed E-state index contributed by atoms with van der Waals surface area (Å²) in [6.45, 7) is 6.37. The van der Waals surface area contributed by atoms with Gasteiger partial charge in [-0.3, -0.25) is 4.79 Å². The van der Waals surface area contributed by atoms with Crippen LogP contribution < -0.4 is 11.1 Å². The smallest absolute Gasteiger partial charge is 0.263 e. The summed E-state index contributed by atoms with van der Waals surface area (Å²) in [6.07, 6.45) is 2.14. The van der Waals surface area contributed by atoms with Gasteiger partial charge in [0.2, 0.25) is 0 Å². The highest BCUT2D eigenvalue weighted by atomic mass is 32.1. The summed E-state index contributed by atoms with van der Waals surface area (Å²) in [7, 11) is 0. The van der Waals surface area contributed by atoms with Gasteiger partial charge in [-0.15, -0.1) is 11.3 Å². The van der Waals surface area contributed by atoms with Crippen molar-refractivity contribution in [2.75, 3.05) is 5.73 Å². The van der Waals surface area contributed by atoms with E-state index in [0.29, 0.717) is 16.6 Å². The Morgan fingerprint density at radius 1 is 1.40 bits per heavy atom. The Morgan fingerprint density at radius 2 is 2.10 bits per heavy atom. The Balaban J connectivity index is 2.02. The van der Waals surface area contributed by atoms with E-state index in [4.69, 9.17) is 5.73 Å². The number of rotatable bonds is 2. The molecule has 0 aliphatic heterocycles. The largest absolute Gasteiger partial charge is 0.397 e. The molecule has 3 rings (SSSR count). The Labute approximate surface area is 122 Å². The van der Waals surface area contributed by atoms with Crippen LogP contribution in [0.1, 0.15) is 49.0 Å². The number of amides is 1. The second-order valence-electron chi connectivity index (χ2n) is 6.39. The van der Waals surface area contributed by atoms with E-state index in [-0.39, 0.29) is 11.3 Å². The highest BCUT2D eigenvalue weighted by molar-refractivity contribution is 7.21. The monoisotopic (exact) mass is 289 g/mol. The molecule has 1 aliphatic carbocycles. The second-order valence-corrected chi connectivity index (χ2v) is 7.39. The van der Waals surface area contributed by atoms with Gasteiger partial charge < -0.3 is 11.1 Å². The minimum Gasteiger partial charge on any atom is -0.397 e. The first kappa shape index (κ1) is 13.4. The fourth-order valence-electron chi connectivity index (χ4n) is 2.06. The molecule has 0 aromatic carbocycles. The zero-order valence-electron chi connectivity index (χ0n) is 12.0. The van der Waals surface area contributed by atoms with Crippen LogP contribution in [0.5, 0.6) is 0 Å². The van der Waals surface area contributed by atoms with Gasteiger partial charge in [0, 0.05) is 22.5 Å². The van der Waals surface area contributed by atoms with Crippen LogP contribution in [0.15, 0.2) is 12.1 Å². The number of aromatic nitrogens is 1. The van der Waals surface area contributed by atoms with Crippen molar-refractivity contribution >= 4 is 33.1 Å². The van der Waals surface area contributed by atoms with Crippen LogP contribution in [-0.2, 0) is 5.41 Å². The van der Waals surface area contributed by atoms with Crippen LogP contribution in [0.4, 0.5) is 5.69 Å². The van der Waals surface area contributed by atoms with Crippen LogP contribution in [-0.4, -0.2) is 16.9 Å². The molecule has 106 valence electrons. The van der Waals surface area contributed by atoms with Gasteiger partial charge in [0.25, 0.3) is 5.91 Å². The lowest BCUT2D eigenvalue weighted by atomic mass is 9.91. The number of carbonyl (C=O) groups excluding carboxylic acids is 1. The van der Waals surface area contributed by atoms with E-state index in [1.807, 2.05) is 12.1 Å². The fourth-order valence-corrected chi connectivity index (χ4v) is 3.06. The van der Waals surface area contributed by atoms with Gasteiger partial charge in [-0.05, 0) is 25.0 Å². The van der Waals surface area contributed by atoms with Crippen molar-refractivity contribution in [3.63, 3.8) is 0 Å². The van der Waals surface area contributed by atoms with Crippen LogP contribution >= 0.6 is 11.3 Å². The third-order valence-electron chi connectivity index (χ3n) is 3.48. The summed E-state index contributed by atoms with van der Waals surface area (Å²) >= 11 is 1.38. The van der Waals surface area contributed by atoms with Gasteiger partial charge in [0.1, 0.15) is 9.71 Å². The number of nitrogens with zero attached hydrogens (tertiary/aromatic N) is 1. The van der Waals surface area contributed by atoms with E-state index in [1.54, 1.807) is 0 Å². The molecule has 4 nitrogen and oxygen atoms in total. The molecule has 1 fully saturated rings. The van der Waals surface area contributed by atoms with Gasteiger partial charge in [0.15, 0.2) is 0 Å². The molecule has 0 atom stereocenters. The molecule has 2 heterocycles. The van der Waals surface area contributed by atoms with Crippen molar-refractivity contribution in [1.29, 1.82) is 0 Å². The summed E-state index contributed by atoms with van der Waals surface area (Å²) in [5.74, 6) is -0.0645. The van der Waals surface area contributed by atoms with Crippen molar-refractivity contribution in [3.8, 4) is 0 Å². The highest BCUT2D eigenvalue weighted by Crippen LogP contribution is 2.34. The molecule has 0 spiro atoms. The Bertz CT molecular complexity index is 680. The minimum absolute atomic E-state index is 0.0105. The van der Waals surface area contributed by atoms with Gasteiger partial charge in [-0.1, -0.05) is 20.8 Å². The first-order chi connectivity index (χ1) is 9.36. The third-order valence-corrected chi connectivity index (χ3v) is 4.60. The van der Waals surface area contributed by atoms with Crippen molar-refractivity contribution in [3.05, 3.63) is 22.7 Å². The predicted molar refractivity (Wildman–Crippen MR) is 83.2 cm³/mol. The zero-order chi connectivity index (χ0) is 14.5. The van der Waals surface area contributed by atoms with E-state index in [2.05, 4.69) is 31.1 Å². The third kappa shape index (κ3) is 2.38. The van der Waals surface area contributed by atoms with E-state index >= 15 is 0 Å². The lowest BCUT2D eigenvalue weighted by molar-refractivity contribution is 0.0956. The van der Waals surface area contributed by atoms with Crippen LogP contribution in [0.3, 0.4) is 0 Å². The number of pyridine rings is 1. The predicted octanol–water partition coefficient (Wildman–Crippen LogP) is 3.07. The molecular weight excluding hydrogens is 270 g/mol. The van der Waals surface area contributed by atoms with Crippen LogP contribution in [0.2, 0.25) is 0 Å². The zero-order valence-corrected chi connectivity index (χ0v) is 12.8. The minimum atomic E-state index is -0.0645. The van der Waals surface area contributed by atoms with Gasteiger partial charge in [-0.25, -0.2) is 4.98 Å². The van der Waals surface area contributed by atoms with E-state index in [9.17, 15) is 4.79 Å². The molecule has 2 aromatic heterocycles.